The molecule has 0 bridgehead atoms. The van der Waals surface area contributed by atoms with Crippen molar-refractivity contribution in [3.05, 3.63) is 28.3 Å². The Morgan fingerprint density at radius 3 is 2.43 bits per heavy atom. The van der Waals surface area contributed by atoms with Crippen LogP contribution in [0.4, 0.5) is 11.4 Å². The molecule has 2 aliphatic heterocycles. The van der Waals surface area contributed by atoms with E-state index in [0.717, 1.165) is 32.4 Å². The zero-order valence-corrected chi connectivity index (χ0v) is 12.5. The van der Waals surface area contributed by atoms with Crippen molar-refractivity contribution in [2.75, 3.05) is 37.3 Å². The Morgan fingerprint density at radius 2 is 1.90 bits per heavy atom. The van der Waals surface area contributed by atoms with Gasteiger partial charge in [0.2, 0.25) is 0 Å². The number of para-hydroxylation sites is 1. The molecule has 0 amide bonds. The number of nitro groups is 1. The van der Waals surface area contributed by atoms with Crippen LogP contribution in [0, 0.1) is 22.0 Å². The summed E-state index contributed by atoms with van der Waals surface area (Å²) in [5.74, 6) is 0.956. The first kappa shape index (κ1) is 14.3. The Morgan fingerprint density at radius 1 is 1.29 bits per heavy atom. The molecular formula is C13H17N3O4S. The molecule has 0 saturated carbocycles. The molecule has 0 aromatic heterocycles. The van der Waals surface area contributed by atoms with E-state index in [1.54, 1.807) is 12.1 Å². The zero-order valence-electron chi connectivity index (χ0n) is 11.7. The summed E-state index contributed by atoms with van der Waals surface area (Å²) < 4.78 is 23.6. The van der Waals surface area contributed by atoms with E-state index in [1.807, 2.05) is 4.90 Å². The van der Waals surface area contributed by atoms with Crippen LogP contribution in [0.3, 0.4) is 0 Å². The first-order valence-corrected chi connectivity index (χ1v) is 8.70. The first-order chi connectivity index (χ1) is 9.88. The van der Waals surface area contributed by atoms with Gasteiger partial charge in [-0.3, -0.25) is 10.1 Å². The van der Waals surface area contributed by atoms with Crippen LogP contribution in [0.15, 0.2) is 23.1 Å². The number of rotatable bonds is 3. The average molecular weight is 311 g/mol. The molecule has 0 aliphatic carbocycles. The van der Waals surface area contributed by atoms with Gasteiger partial charge in [-0.25, -0.2) is 8.42 Å². The number of anilines is 1. The molecule has 114 valence electrons. The van der Waals surface area contributed by atoms with Crippen molar-refractivity contribution in [2.45, 2.75) is 4.90 Å². The molecule has 0 unspecified atom stereocenters. The molecular weight excluding hydrogens is 294 g/mol. The third-order valence-electron chi connectivity index (χ3n) is 4.29. The van der Waals surface area contributed by atoms with Crippen LogP contribution in [-0.2, 0) is 9.84 Å². The highest BCUT2D eigenvalue weighted by atomic mass is 32.2. The number of sulfone groups is 1. The third-order valence-corrected chi connectivity index (χ3v) is 5.42. The summed E-state index contributed by atoms with van der Waals surface area (Å²) in [5, 5.41) is 14.7. The molecule has 1 aromatic carbocycles. The summed E-state index contributed by atoms with van der Waals surface area (Å²) >= 11 is 0. The third kappa shape index (κ3) is 2.49. The van der Waals surface area contributed by atoms with Crippen molar-refractivity contribution in [2.24, 2.45) is 11.8 Å². The van der Waals surface area contributed by atoms with Gasteiger partial charge in [0.15, 0.2) is 9.84 Å². The largest absolute Gasteiger partial charge is 0.365 e. The SMILES string of the molecule is CS(=O)(=O)c1cccc(N2C[C@H]3CNC[C@H]3C2)c1[N+](=O)[O-]. The highest BCUT2D eigenvalue weighted by molar-refractivity contribution is 7.90. The second kappa shape index (κ2) is 4.96. The molecule has 0 spiro atoms. The van der Waals surface area contributed by atoms with Crippen molar-refractivity contribution in [3.8, 4) is 0 Å². The summed E-state index contributed by atoms with van der Waals surface area (Å²) in [5.41, 5.74) is 0.116. The quantitative estimate of drug-likeness (QED) is 0.651. The van der Waals surface area contributed by atoms with Crippen LogP contribution in [-0.4, -0.2) is 45.8 Å². The van der Waals surface area contributed by atoms with Crippen LogP contribution < -0.4 is 10.2 Å². The minimum absolute atomic E-state index is 0.208. The Labute approximate surface area is 123 Å². The van der Waals surface area contributed by atoms with E-state index in [1.165, 1.54) is 6.07 Å². The molecule has 1 N–H and O–H groups in total. The number of benzene rings is 1. The van der Waals surface area contributed by atoms with Gasteiger partial charge in [-0.1, -0.05) is 6.07 Å². The van der Waals surface area contributed by atoms with Gasteiger partial charge in [-0.2, -0.15) is 0 Å². The lowest BCUT2D eigenvalue weighted by Gasteiger charge is -2.20. The Bertz CT molecular complexity index is 677. The molecule has 2 aliphatic rings. The lowest BCUT2D eigenvalue weighted by atomic mass is 10.0. The van der Waals surface area contributed by atoms with Gasteiger partial charge < -0.3 is 10.2 Å². The summed E-state index contributed by atoms with van der Waals surface area (Å²) in [6.45, 7) is 3.29. The highest BCUT2D eigenvalue weighted by Gasteiger charge is 2.39. The predicted octanol–water partition coefficient (Wildman–Crippen LogP) is 0.654. The fourth-order valence-corrected chi connectivity index (χ4v) is 4.16. The molecule has 2 saturated heterocycles. The van der Waals surface area contributed by atoms with E-state index in [2.05, 4.69) is 5.32 Å². The number of hydrogen-bond donors (Lipinski definition) is 1. The Hall–Kier alpha value is -1.67. The summed E-state index contributed by atoms with van der Waals surface area (Å²) in [6.07, 6.45) is 1.00. The number of nitrogens with one attached hydrogen (secondary N) is 1. The van der Waals surface area contributed by atoms with E-state index in [4.69, 9.17) is 0 Å². The molecule has 0 radical (unpaired) electrons. The van der Waals surface area contributed by atoms with Crippen LogP contribution in [0.1, 0.15) is 0 Å². The van der Waals surface area contributed by atoms with Crippen LogP contribution in [0.5, 0.6) is 0 Å². The molecule has 21 heavy (non-hydrogen) atoms. The average Bonchev–Trinajstić information content (AvgIpc) is 2.97. The maximum Gasteiger partial charge on any atom is 0.311 e. The van der Waals surface area contributed by atoms with E-state index in [-0.39, 0.29) is 10.6 Å². The lowest BCUT2D eigenvalue weighted by Crippen LogP contribution is -2.26. The number of hydrogen-bond acceptors (Lipinski definition) is 6. The van der Waals surface area contributed by atoms with Gasteiger partial charge in [0.1, 0.15) is 10.6 Å². The molecule has 8 heteroatoms. The maximum atomic E-state index is 11.8. The molecule has 3 rings (SSSR count). The molecule has 2 heterocycles. The van der Waals surface area contributed by atoms with Gasteiger partial charge in [0.05, 0.1) is 4.92 Å². The standard InChI is InChI=1S/C13H17N3O4S/c1-21(19,20)12-4-2-3-11(13(12)16(17)18)15-7-9-5-14-6-10(9)8-15/h2-4,9-10,14H,5-8H2,1H3/t9-,10+. The smallest absolute Gasteiger partial charge is 0.311 e. The first-order valence-electron chi connectivity index (χ1n) is 6.81. The minimum Gasteiger partial charge on any atom is -0.365 e. The van der Waals surface area contributed by atoms with Gasteiger partial charge in [-0.05, 0) is 24.0 Å². The van der Waals surface area contributed by atoms with Crippen molar-refractivity contribution in [3.63, 3.8) is 0 Å². The van der Waals surface area contributed by atoms with Gasteiger partial charge >= 0.3 is 5.69 Å². The van der Waals surface area contributed by atoms with Crippen molar-refractivity contribution >= 4 is 21.2 Å². The summed E-state index contributed by atoms with van der Waals surface area (Å²) in [4.78, 5) is 12.5. The van der Waals surface area contributed by atoms with Crippen LogP contribution >= 0.6 is 0 Å². The number of nitrogens with zero attached hydrogens (tertiary/aromatic N) is 2. The van der Waals surface area contributed by atoms with Crippen LogP contribution in [0.2, 0.25) is 0 Å². The van der Waals surface area contributed by atoms with Gasteiger partial charge in [0, 0.05) is 32.4 Å². The zero-order chi connectivity index (χ0) is 15.2. The highest BCUT2D eigenvalue weighted by Crippen LogP contribution is 2.38. The van der Waals surface area contributed by atoms with Crippen molar-refractivity contribution < 1.29 is 13.3 Å². The van der Waals surface area contributed by atoms with Gasteiger partial charge in [0.25, 0.3) is 0 Å². The van der Waals surface area contributed by atoms with E-state index >= 15 is 0 Å². The molecule has 7 nitrogen and oxygen atoms in total. The fourth-order valence-electron chi connectivity index (χ4n) is 3.30. The Balaban J connectivity index is 2.05. The predicted molar refractivity (Wildman–Crippen MR) is 78.3 cm³/mol. The van der Waals surface area contributed by atoms with E-state index < -0.39 is 14.8 Å². The van der Waals surface area contributed by atoms with Gasteiger partial charge in [-0.15, -0.1) is 0 Å². The van der Waals surface area contributed by atoms with Crippen LogP contribution in [0.25, 0.3) is 0 Å². The monoisotopic (exact) mass is 311 g/mol. The summed E-state index contributed by atoms with van der Waals surface area (Å²) in [7, 11) is -3.63. The second-order valence-electron chi connectivity index (χ2n) is 5.74. The van der Waals surface area contributed by atoms with Crippen molar-refractivity contribution in [1.29, 1.82) is 0 Å². The Kier molecular flexibility index (Phi) is 3.37. The molecule has 1 aromatic rings. The normalized spacial score (nSPS) is 25.1. The van der Waals surface area contributed by atoms with E-state index in [9.17, 15) is 18.5 Å². The second-order valence-corrected chi connectivity index (χ2v) is 7.72. The number of fused-ring (bicyclic) bond motifs is 1. The maximum absolute atomic E-state index is 11.8. The fraction of sp³-hybridized carbons (Fsp3) is 0.538. The summed E-state index contributed by atoms with van der Waals surface area (Å²) in [6, 6.07) is 4.52. The lowest BCUT2D eigenvalue weighted by molar-refractivity contribution is -0.387. The van der Waals surface area contributed by atoms with Crippen molar-refractivity contribution in [1.82, 2.24) is 5.32 Å². The topological polar surface area (TPSA) is 92.6 Å². The minimum atomic E-state index is -3.63. The molecule has 2 atom stereocenters. The number of nitro benzene ring substituents is 1. The van der Waals surface area contributed by atoms with E-state index in [0.29, 0.717) is 17.5 Å². The molecule has 2 fully saturated rings.